The van der Waals surface area contributed by atoms with Crippen LogP contribution in [0.1, 0.15) is 37.8 Å². The van der Waals surface area contributed by atoms with Gasteiger partial charge in [-0.2, -0.15) is 0 Å². The van der Waals surface area contributed by atoms with E-state index in [0.717, 1.165) is 6.07 Å². The van der Waals surface area contributed by atoms with Crippen LogP contribution in [-0.4, -0.2) is 27.5 Å². The lowest BCUT2D eigenvalue weighted by Crippen LogP contribution is -2.14. The summed E-state index contributed by atoms with van der Waals surface area (Å²) in [5.41, 5.74) is 1.15. The van der Waals surface area contributed by atoms with Crippen LogP contribution >= 0.6 is 0 Å². The predicted octanol–water partition coefficient (Wildman–Crippen LogP) is 1.69. The first-order valence-corrected chi connectivity index (χ1v) is 8.66. The average molecular weight is 367 g/mol. The highest BCUT2D eigenvalue weighted by molar-refractivity contribution is 7.89. The molecule has 0 radical (unpaired) electrons. The predicted molar refractivity (Wildman–Crippen MR) is 86.5 cm³/mol. The lowest BCUT2D eigenvalue weighted by molar-refractivity contribution is 0.0437. The summed E-state index contributed by atoms with van der Waals surface area (Å²) in [7, 11) is -2.71. The fraction of sp³-hybridized carbons (Fsp3) is 0.250. The van der Waals surface area contributed by atoms with Crippen molar-refractivity contribution < 1.29 is 31.9 Å². The number of hydrogen-bond donors (Lipinski definition) is 1. The van der Waals surface area contributed by atoms with Gasteiger partial charge in [-0.15, -0.1) is 0 Å². The van der Waals surface area contributed by atoms with Gasteiger partial charge < -0.3 is 13.9 Å². The second-order valence-electron chi connectivity index (χ2n) is 5.31. The standard InChI is InChI=1S/C16H17NO7S/c1-9-4-5-12(25(17,20)21)7-13(9)15(18)23-8-11-6-10(2)14(24-11)16(19)22-3/h4-7H,8H2,1-3H3,(H2,17,20,21). The lowest BCUT2D eigenvalue weighted by atomic mass is 10.1. The van der Waals surface area contributed by atoms with Gasteiger partial charge in [0.05, 0.1) is 17.6 Å². The first-order chi connectivity index (χ1) is 11.6. The van der Waals surface area contributed by atoms with Crippen molar-refractivity contribution in [2.75, 3.05) is 7.11 Å². The number of carbonyl (C=O) groups is 2. The molecular formula is C16H17NO7S. The normalized spacial score (nSPS) is 11.2. The summed E-state index contributed by atoms with van der Waals surface area (Å²) in [6, 6.07) is 5.47. The van der Waals surface area contributed by atoms with Crippen LogP contribution in [0.5, 0.6) is 0 Å². The number of nitrogens with two attached hydrogens (primary N) is 1. The number of sulfonamides is 1. The van der Waals surface area contributed by atoms with E-state index in [1.54, 1.807) is 19.9 Å². The van der Waals surface area contributed by atoms with Crippen LogP contribution in [0, 0.1) is 13.8 Å². The number of hydrogen-bond acceptors (Lipinski definition) is 7. The quantitative estimate of drug-likeness (QED) is 0.797. The maximum absolute atomic E-state index is 12.2. The molecule has 8 nitrogen and oxygen atoms in total. The Labute approximate surface area is 144 Å². The number of aryl methyl sites for hydroxylation is 2. The summed E-state index contributed by atoms with van der Waals surface area (Å²) in [4.78, 5) is 23.5. The van der Waals surface area contributed by atoms with E-state index in [9.17, 15) is 18.0 Å². The number of rotatable bonds is 5. The zero-order valence-electron chi connectivity index (χ0n) is 13.9. The van der Waals surface area contributed by atoms with Crippen LogP contribution in [0.15, 0.2) is 33.6 Å². The first-order valence-electron chi connectivity index (χ1n) is 7.11. The molecule has 25 heavy (non-hydrogen) atoms. The van der Waals surface area contributed by atoms with E-state index in [2.05, 4.69) is 4.74 Å². The Kier molecular flexibility index (Phi) is 5.29. The molecule has 1 aromatic carbocycles. The molecule has 0 saturated carbocycles. The molecule has 0 spiro atoms. The Hall–Kier alpha value is -2.65. The van der Waals surface area contributed by atoms with Crippen LogP contribution in [0.3, 0.4) is 0 Å². The summed E-state index contributed by atoms with van der Waals surface area (Å²) >= 11 is 0. The fourth-order valence-corrected chi connectivity index (χ4v) is 2.67. The van der Waals surface area contributed by atoms with Gasteiger partial charge in [0.2, 0.25) is 15.8 Å². The molecule has 0 aliphatic rings. The van der Waals surface area contributed by atoms with Gasteiger partial charge in [0, 0.05) is 5.56 Å². The number of benzene rings is 1. The number of carbonyl (C=O) groups excluding carboxylic acids is 2. The first kappa shape index (κ1) is 18.7. The Morgan fingerprint density at radius 1 is 1.12 bits per heavy atom. The Balaban J connectivity index is 2.17. The zero-order chi connectivity index (χ0) is 18.8. The van der Waals surface area contributed by atoms with Gasteiger partial charge in [-0.3, -0.25) is 0 Å². The Bertz CT molecular complexity index is 928. The minimum atomic E-state index is -3.94. The van der Waals surface area contributed by atoms with Crippen molar-refractivity contribution in [2.24, 2.45) is 5.14 Å². The topological polar surface area (TPSA) is 126 Å². The minimum Gasteiger partial charge on any atom is -0.463 e. The van der Waals surface area contributed by atoms with Gasteiger partial charge in [-0.25, -0.2) is 23.1 Å². The largest absolute Gasteiger partial charge is 0.463 e. The summed E-state index contributed by atoms with van der Waals surface area (Å²) < 4.78 is 37.8. The number of primary sulfonamides is 1. The zero-order valence-corrected chi connectivity index (χ0v) is 14.7. The van der Waals surface area contributed by atoms with Crippen LogP contribution in [-0.2, 0) is 26.1 Å². The number of methoxy groups -OCH3 is 1. The van der Waals surface area contributed by atoms with Crippen molar-refractivity contribution in [1.29, 1.82) is 0 Å². The summed E-state index contributed by atoms with van der Waals surface area (Å²) in [5, 5.41) is 5.06. The van der Waals surface area contributed by atoms with Crippen molar-refractivity contribution in [3.8, 4) is 0 Å². The van der Waals surface area contributed by atoms with Gasteiger partial charge in [-0.05, 0) is 37.6 Å². The number of furan rings is 1. The van der Waals surface area contributed by atoms with E-state index in [-0.39, 0.29) is 28.6 Å². The molecule has 2 aromatic rings. The Morgan fingerprint density at radius 2 is 1.80 bits per heavy atom. The summed E-state index contributed by atoms with van der Waals surface area (Å²) in [6.07, 6.45) is 0. The van der Waals surface area contributed by atoms with Gasteiger partial charge in [0.15, 0.2) is 0 Å². The van der Waals surface area contributed by atoms with Crippen molar-refractivity contribution in [3.05, 3.63) is 52.5 Å². The molecule has 0 atom stereocenters. The van der Waals surface area contributed by atoms with Crippen molar-refractivity contribution >= 4 is 22.0 Å². The number of esters is 2. The lowest BCUT2D eigenvalue weighted by Gasteiger charge is -2.07. The average Bonchev–Trinajstić information content (AvgIpc) is 2.92. The molecule has 2 N–H and O–H groups in total. The molecule has 0 unspecified atom stereocenters. The molecule has 0 bridgehead atoms. The highest BCUT2D eigenvalue weighted by atomic mass is 32.2. The van der Waals surface area contributed by atoms with Gasteiger partial charge in [0.25, 0.3) is 0 Å². The van der Waals surface area contributed by atoms with Gasteiger partial charge in [0.1, 0.15) is 12.4 Å². The third-order valence-electron chi connectivity index (χ3n) is 3.44. The summed E-state index contributed by atoms with van der Waals surface area (Å²) in [5.74, 6) is -1.09. The molecule has 1 heterocycles. The third kappa shape index (κ3) is 4.25. The number of ether oxygens (including phenoxy) is 2. The molecule has 0 aliphatic carbocycles. The van der Waals surface area contributed by atoms with Crippen molar-refractivity contribution in [1.82, 2.24) is 0 Å². The molecular weight excluding hydrogens is 350 g/mol. The highest BCUT2D eigenvalue weighted by Crippen LogP contribution is 2.19. The van der Waals surface area contributed by atoms with Crippen molar-refractivity contribution in [2.45, 2.75) is 25.3 Å². The second-order valence-corrected chi connectivity index (χ2v) is 6.88. The van der Waals surface area contributed by atoms with Crippen molar-refractivity contribution in [3.63, 3.8) is 0 Å². The van der Waals surface area contributed by atoms with Crippen LogP contribution < -0.4 is 5.14 Å². The van der Waals surface area contributed by atoms with Gasteiger partial charge in [-0.1, -0.05) is 6.07 Å². The van der Waals surface area contributed by atoms with E-state index >= 15 is 0 Å². The van der Waals surface area contributed by atoms with Gasteiger partial charge >= 0.3 is 11.9 Å². The van der Waals surface area contributed by atoms with Crippen LogP contribution in [0.2, 0.25) is 0 Å². The van der Waals surface area contributed by atoms with E-state index in [4.69, 9.17) is 14.3 Å². The summed E-state index contributed by atoms with van der Waals surface area (Å²) in [6.45, 7) is 3.06. The van der Waals surface area contributed by atoms with E-state index in [0.29, 0.717) is 11.1 Å². The Morgan fingerprint density at radius 3 is 2.40 bits per heavy atom. The molecule has 0 aliphatic heterocycles. The molecule has 0 amide bonds. The molecule has 1 aromatic heterocycles. The molecule has 134 valence electrons. The van der Waals surface area contributed by atoms with E-state index < -0.39 is 22.0 Å². The third-order valence-corrected chi connectivity index (χ3v) is 4.35. The maximum atomic E-state index is 12.2. The molecule has 0 fully saturated rings. The second kappa shape index (κ2) is 7.08. The smallest absolute Gasteiger partial charge is 0.374 e. The fourth-order valence-electron chi connectivity index (χ4n) is 2.13. The minimum absolute atomic E-state index is 0.0287. The molecule has 9 heteroatoms. The monoisotopic (exact) mass is 367 g/mol. The highest BCUT2D eigenvalue weighted by Gasteiger charge is 2.19. The maximum Gasteiger partial charge on any atom is 0.374 e. The molecule has 2 rings (SSSR count). The molecule has 0 saturated heterocycles. The van der Waals surface area contributed by atoms with E-state index in [1.165, 1.54) is 19.2 Å². The van der Waals surface area contributed by atoms with Crippen LogP contribution in [0.4, 0.5) is 0 Å². The SMILES string of the molecule is COC(=O)c1oc(COC(=O)c2cc(S(N)(=O)=O)ccc2C)cc1C. The van der Waals surface area contributed by atoms with E-state index in [1.807, 2.05) is 0 Å². The van der Waals surface area contributed by atoms with Crippen LogP contribution in [0.25, 0.3) is 0 Å².